The van der Waals surface area contributed by atoms with E-state index in [4.69, 9.17) is 4.74 Å². The van der Waals surface area contributed by atoms with Crippen molar-refractivity contribution in [3.05, 3.63) is 82.9 Å². The third-order valence-electron chi connectivity index (χ3n) is 5.72. The fourth-order valence-corrected chi connectivity index (χ4v) is 3.67. The van der Waals surface area contributed by atoms with Crippen molar-refractivity contribution in [2.45, 2.75) is 52.4 Å². The summed E-state index contributed by atoms with van der Waals surface area (Å²) in [6.07, 6.45) is 6.61. The van der Waals surface area contributed by atoms with Gasteiger partial charge in [-0.05, 0) is 39.2 Å². The molecule has 1 aliphatic heterocycles. The van der Waals surface area contributed by atoms with Gasteiger partial charge in [-0.2, -0.15) is 0 Å². The minimum Gasteiger partial charge on any atom is -0.378 e. The van der Waals surface area contributed by atoms with E-state index in [-0.39, 0.29) is 10.8 Å². The Kier molecular flexibility index (Phi) is 6.88. The molecule has 0 saturated carbocycles. The summed E-state index contributed by atoms with van der Waals surface area (Å²) in [5.74, 6) is 0. The van der Waals surface area contributed by atoms with E-state index in [0.29, 0.717) is 0 Å². The van der Waals surface area contributed by atoms with Crippen molar-refractivity contribution in [2.24, 2.45) is 0 Å². The van der Waals surface area contributed by atoms with Gasteiger partial charge in [0.1, 0.15) is 0 Å². The van der Waals surface area contributed by atoms with Crippen molar-refractivity contribution in [1.82, 2.24) is 4.90 Å². The fourth-order valence-electron chi connectivity index (χ4n) is 3.67. The van der Waals surface area contributed by atoms with Gasteiger partial charge >= 0.3 is 0 Å². The molecule has 3 rings (SSSR count). The SMILES string of the molecule is CC(C)(C)c1ccc(/C=C/C=C(\c2ccc(C(C)(C)C)cc2)N2CCOCC2)cc1. The van der Waals surface area contributed by atoms with Gasteiger partial charge in [0.15, 0.2) is 0 Å². The summed E-state index contributed by atoms with van der Waals surface area (Å²) < 4.78 is 5.58. The first-order chi connectivity index (χ1) is 14.1. The quantitative estimate of drug-likeness (QED) is 0.529. The van der Waals surface area contributed by atoms with E-state index in [9.17, 15) is 0 Å². The van der Waals surface area contributed by atoms with Gasteiger partial charge in [-0.1, -0.05) is 102 Å². The highest BCUT2D eigenvalue weighted by molar-refractivity contribution is 5.68. The molecule has 2 aromatic rings. The molecule has 2 aromatic carbocycles. The Morgan fingerprint density at radius 3 is 1.77 bits per heavy atom. The molecule has 0 radical (unpaired) electrons. The topological polar surface area (TPSA) is 12.5 Å². The molecular formula is C28H37NO. The zero-order valence-corrected chi connectivity index (χ0v) is 19.5. The van der Waals surface area contributed by atoms with Crippen LogP contribution in [0.5, 0.6) is 0 Å². The molecule has 2 nitrogen and oxygen atoms in total. The molecule has 0 aromatic heterocycles. The molecule has 0 unspecified atom stereocenters. The van der Waals surface area contributed by atoms with Crippen LogP contribution in [0.2, 0.25) is 0 Å². The van der Waals surface area contributed by atoms with Gasteiger partial charge in [-0.25, -0.2) is 0 Å². The maximum atomic E-state index is 5.58. The molecule has 0 bridgehead atoms. The van der Waals surface area contributed by atoms with Crippen molar-refractivity contribution >= 4 is 11.8 Å². The van der Waals surface area contributed by atoms with Crippen molar-refractivity contribution in [1.29, 1.82) is 0 Å². The summed E-state index contributed by atoms with van der Waals surface area (Å²) in [4.78, 5) is 2.43. The molecular weight excluding hydrogens is 366 g/mol. The van der Waals surface area contributed by atoms with Crippen molar-refractivity contribution in [2.75, 3.05) is 26.3 Å². The Morgan fingerprint density at radius 1 is 0.767 bits per heavy atom. The number of hydrogen-bond acceptors (Lipinski definition) is 2. The van der Waals surface area contributed by atoms with Crippen LogP contribution in [0.25, 0.3) is 11.8 Å². The monoisotopic (exact) mass is 403 g/mol. The van der Waals surface area contributed by atoms with E-state index in [2.05, 4.69) is 113 Å². The highest BCUT2D eigenvalue weighted by atomic mass is 16.5. The predicted octanol–water partition coefficient (Wildman–Crippen LogP) is 6.67. The van der Waals surface area contributed by atoms with E-state index >= 15 is 0 Å². The van der Waals surface area contributed by atoms with E-state index in [0.717, 1.165) is 26.3 Å². The van der Waals surface area contributed by atoms with E-state index in [1.165, 1.54) is 28.0 Å². The van der Waals surface area contributed by atoms with Crippen LogP contribution in [0.4, 0.5) is 0 Å². The van der Waals surface area contributed by atoms with Gasteiger partial charge in [0.25, 0.3) is 0 Å². The number of benzene rings is 2. The van der Waals surface area contributed by atoms with E-state index in [1.807, 2.05) is 0 Å². The zero-order valence-electron chi connectivity index (χ0n) is 19.5. The minimum absolute atomic E-state index is 0.167. The lowest BCUT2D eigenvalue weighted by Crippen LogP contribution is -2.34. The first-order valence-electron chi connectivity index (χ1n) is 11.1. The fraction of sp³-hybridized carbons (Fsp3) is 0.429. The second-order valence-corrected chi connectivity index (χ2v) is 10.2. The molecule has 1 aliphatic rings. The summed E-state index contributed by atoms with van der Waals surface area (Å²) in [7, 11) is 0. The van der Waals surface area contributed by atoms with E-state index < -0.39 is 0 Å². The minimum atomic E-state index is 0.167. The van der Waals surface area contributed by atoms with Crippen LogP contribution in [-0.4, -0.2) is 31.2 Å². The Morgan fingerprint density at radius 2 is 1.27 bits per heavy atom. The summed E-state index contributed by atoms with van der Waals surface area (Å²) in [6.45, 7) is 17.0. The molecule has 2 heteroatoms. The van der Waals surface area contributed by atoms with Gasteiger partial charge < -0.3 is 9.64 Å². The molecule has 0 atom stereocenters. The van der Waals surface area contributed by atoms with Crippen LogP contribution < -0.4 is 0 Å². The average molecular weight is 404 g/mol. The van der Waals surface area contributed by atoms with Crippen LogP contribution in [-0.2, 0) is 15.6 Å². The summed E-state index contributed by atoms with van der Waals surface area (Å²) in [6, 6.07) is 17.9. The van der Waals surface area contributed by atoms with Gasteiger partial charge in [-0.3, -0.25) is 0 Å². The average Bonchev–Trinajstić information content (AvgIpc) is 2.71. The molecule has 0 aliphatic carbocycles. The molecule has 1 saturated heterocycles. The molecule has 0 spiro atoms. The molecule has 0 N–H and O–H groups in total. The Balaban J connectivity index is 1.85. The maximum Gasteiger partial charge on any atom is 0.0642 e. The number of morpholine rings is 1. The third kappa shape index (κ3) is 5.86. The smallest absolute Gasteiger partial charge is 0.0642 e. The second kappa shape index (κ2) is 9.22. The Bertz CT molecular complexity index is 868. The largest absolute Gasteiger partial charge is 0.378 e. The summed E-state index contributed by atoms with van der Waals surface area (Å²) in [5, 5.41) is 0. The molecule has 160 valence electrons. The first kappa shape index (κ1) is 22.4. The lowest BCUT2D eigenvalue weighted by molar-refractivity contribution is 0.0639. The highest BCUT2D eigenvalue weighted by Crippen LogP contribution is 2.27. The normalized spacial score (nSPS) is 16.3. The lowest BCUT2D eigenvalue weighted by atomic mass is 9.86. The molecule has 30 heavy (non-hydrogen) atoms. The Hall–Kier alpha value is -2.32. The van der Waals surface area contributed by atoms with Crippen LogP contribution >= 0.6 is 0 Å². The van der Waals surface area contributed by atoms with Gasteiger partial charge in [0.2, 0.25) is 0 Å². The number of allylic oxidation sites excluding steroid dienone is 2. The van der Waals surface area contributed by atoms with Crippen LogP contribution in [0.15, 0.2) is 60.7 Å². The number of rotatable bonds is 4. The molecule has 1 heterocycles. The van der Waals surface area contributed by atoms with Gasteiger partial charge in [0, 0.05) is 18.8 Å². The number of ether oxygens (including phenoxy) is 1. The van der Waals surface area contributed by atoms with E-state index in [1.54, 1.807) is 0 Å². The number of hydrogen-bond donors (Lipinski definition) is 0. The van der Waals surface area contributed by atoms with Crippen LogP contribution in [0.3, 0.4) is 0 Å². The Labute approximate surface area is 183 Å². The molecule has 0 amide bonds. The van der Waals surface area contributed by atoms with Crippen molar-refractivity contribution < 1.29 is 4.74 Å². The lowest BCUT2D eigenvalue weighted by Gasteiger charge is -2.31. The third-order valence-corrected chi connectivity index (χ3v) is 5.72. The summed E-state index contributed by atoms with van der Waals surface area (Å²) in [5.41, 5.74) is 6.83. The second-order valence-electron chi connectivity index (χ2n) is 10.2. The van der Waals surface area contributed by atoms with Gasteiger partial charge in [-0.15, -0.1) is 0 Å². The van der Waals surface area contributed by atoms with Gasteiger partial charge in [0.05, 0.1) is 13.2 Å². The molecule has 1 fully saturated rings. The summed E-state index contributed by atoms with van der Waals surface area (Å²) >= 11 is 0. The van der Waals surface area contributed by atoms with Crippen molar-refractivity contribution in [3.63, 3.8) is 0 Å². The number of nitrogens with zero attached hydrogens (tertiary/aromatic N) is 1. The zero-order chi connectivity index (χ0) is 21.8. The maximum absolute atomic E-state index is 5.58. The van der Waals surface area contributed by atoms with Crippen LogP contribution in [0.1, 0.15) is 63.8 Å². The highest BCUT2D eigenvalue weighted by Gasteiger charge is 2.17. The first-order valence-corrected chi connectivity index (χ1v) is 11.1. The van der Waals surface area contributed by atoms with Crippen LogP contribution in [0, 0.1) is 0 Å². The van der Waals surface area contributed by atoms with Crippen molar-refractivity contribution in [3.8, 4) is 0 Å². The predicted molar refractivity (Wildman–Crippen MR) is 130 cm³/mol. The standard InChI is InChI=1S/C28H37NO/c1-27(2,3)24-14-10-22(11-15-24)8-7-9-26(29-18-20-30-21-19-29)23-12-16-25(17-13-23)28(4,5)6/h7-17H,18-21H2,1-6H3/b8-7+,26-9+.